The Bertz CT molecular complexity index is 651. The maximum Gasteiger partial charge on any atom is 0.225 e. The quantitative estimate of drug-likeness (QED) is 0.845. The summed E-state index contributed by atoms with van der Waals surface area (Å²) in [6, 6.07) is 0. The van der Waals surface area contributed by atoms with Crippen LogP contribution < -0.4 is 16.0 Å². The molecule has 0 bridgehead atoms. The molecular weight excluding hydrogens is 323 g/mol. The van der Waals surface area contributed by atoms with Crippen LogP contribution in [0.4, 0.5) is 10.3 Å². The number of fused-ring (bicyclic) bond motifs is 1. The third kappa shape index (κ3) is 2.28. The van der Waals surface area contributed by atoms with Crippen LogP contribution in [-0.4, -0.2) is 39.3 Å². The van der Waals surface area contributed by atoms with Gasteiger partial charge in [-0.15, -0.1) is 23.1 Å². The highest BCUT2D eigenvalue weighted by atomic mass is 32.2. The Kier molecular flexibility index (Phi) is 3.52. The maximum atomic E-state index is 13.0. The number of nitrogens with two attached hydrogens (primary N) is 1. The summed E-state index contributed by atoms with van der Waals surface area (Å²) in [6.07, 6.45) is 4.32. The average molecular weight is 338 g/mol. The zero-order chi connectivity index (χ0) is 15.2. The highest BCUT2D eigenvalue weighted by molar-refractivity contribution is 7.99. The smallest absolute Gasteiger partial charge is 0.225 e. The number of halogens is 1. The van der Waals surface area contributed by atoms with Crippen LogP contribution in [0.5, 0.6) is 0 Å². The summed E-state index contributed by atoms with van der Waals surface area (Å²) in [4.78, 5) is 15.7. The lowest BCUT2D eigenvalue weighted by atomic mass is 9.87. The zero-order valence-electron chi connectivity index (χ0n) is 11.6. The van der Waals surface area contributed by atoms with E-state index in [4.69, 9.17) is 5.73 Å². The first-order valence-corrected chi connectivity index (χ1v) is 8.86. The molecule has 22 heavy (non-hydrogen) atoms. The topological polar surface area (TPSA) is 80.0 Å². The van der Waals surface area contributed by atoms with E-state index in [0.29, 0.717) is 18.4 Å². The van der Waals surface area contributed by atoms with Crippen LogP contribution in [0, 0.1) is 11.7 Å². The normalized spacial score (nSPS) is 31.3. The molecule has 9 heteroatoms. The standard InChI is InChI=1S/C13H15FN6S2/c14-9-1-17-12(18-2-9)20-4-8-5-21-11(15)19-13(8,6-20)10-3-16-7-22-10/h1-3,7-8,11,19H,4-6,15H2. The SMILES string of the molecule is NC1NC2(c3cncs3)CN(c3ncc(F)cn3)CC2CS1. The Morgan fingerprint density at radius 1 is 1.36 bits per heavy atom. The van der Waals surface area contributed by atoms with E-state index in [0.717, 1.165) is 12.3 Å². The summed E-state index contributed by atoms with van der Waals surface area (Å²) in [5.41, 5.74) is 7.63. The van der Waals surface area contributed by atoms with Crippen LogP contribution in [0.1, 0.15) is 4.88 Å². The Hall–Kier alpha value is -1.29. The Balaban J connectivity index is 1.69. The van der Waals surface area contributed by atoms with Crippen LogP contribution in [0.15, 0.2) is 24.1 Å². The van der Waals surface area contributed by atoms with Gasteiger partial charge in [-0.2, -0.15) is 0 Å². The molecule has 3 N–H and O–H groups in total. The molecule has 2 aliphatic rings. The van der Waals surface area contributed by atoms with Gasteiger partial charge in [-0.05, 0) is 0 Å². The summed E-state index contributed by atoms with van der Waals surface area (Å²) in [5, 5.41) is 3.55. The second-order valence-electron chi connectivity index (χ2n) is 5.51. The summed E-state index contributed by atoms with van der Waals surface area (Å²) < 4.78 is 13.0. The minimum atomic E-state index is -0.423. The van der Waals surface area contributed by atoms with Gasteiger partial charge in [0.1, 0.15) is 5.50 Å². The van der Waals surface area contributed by atoms with Crippen LogP contribution >= 0.6 is 23.1 Å². The number of hydrogen-bond acceptors (Lipinski definition) is 8. The third-order valence-corrected chi connectivity index (χ3v) is 6.24. The number of anilines is 1. The van der Waals surface area contributed by atoms with Gasteiger partial charge in [0.15, 0.2) is 5.82 Å². The van der Waals surface area contributed by atoms with Crippen molar-refractivity contribution in [3.63, 3.8) is 0 Å². The van der Waals surface area contributed by atoms with Crippen LogP contribution in [0.25, 0.3) is 0 Å². The third-order valence-electron chi connectivity index (χ3n) is 4.22. The lowest BCUT2D eigenvalue weighted by Crippen LogP contribution is -2.58. The van der Waals surface area contributed by atoms with Gasteiger partial charge in [0.05, 0.1) is 23.4 Å². The number of thiazole rings is 1. The molecule has 0 saturated carbocycles. The van der Waals surface area contributed by atoms with Gasteiger partial charge in [-0.1, -0.05) is 0 Å². The van der Waals surface area contributed by atoms with Crippen molar-refractivity contribution in [2.24, 2.45) is 11.7 Å². The molecule has 4 rings (SSSR count). The van der Waals surface area contributed by atoms with E-state index in [9.17, 15) is 4.39 Å². The summed E-state index contributed by atoms with van der Waals surface area (Å²) in [7, 11) is 0. The van der Waals surface area contributed by atoms with Gasteiger partial charge in [-0.3, -0.25) is 10.3 Å². The molecule has 3 unspecified atom stereocenters. The van der Waals surface area contributed by atoms with Crippen molar-refractivity contribution < 1.29 is 4.39 Å². The maximum absolute atomic E-state index is 13.0. The summed E-state index contributed by atoms with van der Waals surface area (Å²) >= 11 is 3.35. The van der Waals surface area contributed by atoms with Gasteiger partial charge >= 0.3 is 0 Å². The summed E-state index contributed by atoms with van der Waals surface area (Å²) in [5.74, 6) is 1.48. The molecule has 2 fully saturated rings. The van der Waals surface area contributed by atoms with Crippen LogP contribution in [0.2, 0.25) is 0 Å². The van der Waals surface area contributed by atoms with Crippen molar-refractivity contribution in [2.75, 3.05) is 23.7 Å². The lowest BCUT2D eigenvalue weighted by molar-refractivity contribution is 0.279. The van der Waals surface area contributed by atoms with E-state index in [-0.39, 0.29) is 11.0 Å². The highest BCUT2D eigenvalue weighted by Crippen LogP contribution is 2.44. The largest absolute Gasteiger partial charge is 0.338 e. The second-order valence-corrected chi connectivity index (χ2v) is 7.57. The van der Waals surface area contributed by atoms with E-state index in [2.05, 4.69) is 25.2 Å². The highest BCUT2D eigenvalue weighted by Gasteiger charge is 2.52. The first kappa shape index (κ1) is 14.3. The molecule has 0 aliphatic carbocycles. The molecule has 3 atom stereocenters. The van der Waals surface area contributed by atoms with Crippen molar-refractivity contribution >= 4 is 29.0 Å². The van der Waals surface area contributed by atoms with E-state index >= 15 is 0 Å². The van der Waals surface area contributed by atoms with Gasteiger partial charge < -0.3 is 10.6 Å². The average Bonchev–Trinajstić information content (AvgIpc) is 3.15. The number of nitrogens with one attached hydrogen (secondary N) is 1. The molecule has 0 spiro atoms. The molecule has 4 heterocycles. The Labute approximate surface area is 135 Å². The van der Waals surface area contributed by atoms with Gasteiger partial charge in [-0.25, -0.2) is 14.4 Å². The molecule has 2 aromatic heterocycles. The fourth-order valence-corrected chi connectivity index (χ4v) is 5.18. The molecular formula is C13H15FN6S2. The molecule has 2 aromatic rings. The molecule has 0 radical (unpaired) electrons. The van der Waals surface area contributed by atoms with Gasteiger partial charge in [0.2, 0.25) is 5.95 Å². The van der Waals surface area contributed by atoms with Crippen LogP contribution in [0.3, 0.4) is 0 Å². The molecule has 2 saturated heterocycles. The van der Waals surface area contributed by atoms with Crippen LogP contribution in [-0.2, 0) is 5.54 Å². The van der Waals surface area contributed by atoms with Crippen molar-refractivity contribution in [2.45, 2.75) is 11.0 Å². The predicted octanol–water partition coefficient (Wildman–Crippen LogP) is 0.983. The van der Waals surface area contributed by atoms with Gasteiger partial charge in [0, 0.05) is 35.8 Å². The van der Waals surface area contributed by atoms with E-state index in [1.807, 2.05) is 11.7 Å². The Morgan fingerprint density at radius 2 is 2.18 bits per heavy atom. The molecule has 116 valence electrons. The number of rotatable bonds is 2. The molecule has 0 amide bonds. The number of thioether (sulfide) groups is 1. The Morgan fingerprint density at radius 3 is 2.91 bits per heavy atom. The number of nitrogens with zero attached hydrogens (tertiary/aromatic N) is 4. The fourth-order valence-electron chi connectivity index (χ4n) is 3.20. The van der Waals surface area contributed by atoms with E-state index in [1.54, 1.807) is 23.1 Å². The monoisotopic (exact) mass is 338 g/mol. The van der Waals surface area contributed by atoms with Crippen molar-refractivity contribution in [1.29, 1.82) is 0 Å². The zero-order valence-corrected chi connectivity index (χ0v) is 13.3. The number of hydrogen-bond donors (Lipinski definition) is 2. The second kappa shape index (κ2) is 5.41. The van der Waals surface area contributed by atoms with Gasteiger partial charge in [0.25, 0.3) is 0 Å². The number of aromatic nitrogens is 3. The van der Waals surface area contributed by atoms with Crippen molar-refractivity contribution in [1.82, 2.24) is 20.3 Å². The first-order chi connectivity index (χ1) is 10.7. The first-order valence-electron chi connectivity index (χ1n) is 6.94. The molecule has 2 aliphatic heterocycles. The van der Waals surface area contributed by atoms with E-state index < -0.39 is 5.82 Å². The fraction of sp³-hybridized carbons (Fsp3) is 0.462. The van der Waals surface area contributed by atoms with Crippen molar-refractivity contribution in [3.8, 4) is 0 Å². The lowest BCUT2D eigenvalue weighted by Gasteiger charge is -2.41. The predicted molar refractivity (Wildman–Crippen MR) is 85.1 cm³/mol. The van der Waals surface area contributed by atoms with Crippen molar-refractivity contribution in [3.05, 3.63) is 34.8 Å². The molecule has 0 aromatic carbocycles. The van der Waals surface area contributed by atoms with E-state index in [1.165, 1.54) is 17.3 Å². The summed E-state index contributed by atoms with van der Waals surface area (Å²) in [6.45, 7) is 1.52. The minimum absolute atomic E-state index is 0.104. The molecule has 6 nitrogen and oxygen atoms in total. The minimum Gasteiger partial charge on any atom is -0.338 e.